The van der Waals surface area contributed by atoms with Gasteiger partial charge in [-0.25, -0.2) is 0 Å². The number of Topliss-reactive ketones (excluding diaryl/α,β-unsaturated/α-hetero) is 1. The summed E-state index contributed by atoms with van der Waals surface area (Å²) in [4.78, 5) is 22.1. The van der Waals surface area contributed by atoms with Gasteiger partial charge in [0, 0.05) is 0 Å². The van der Waals surface area contributed by atoms with Gasteiger partial charge in [0.1, 0.15) is 5.92 Å². The Hall–Kier alpha value is -0.380. The zero-order valence-electron chi connectivity index (χ0n) is 9.88. The van der Waals surface area contributed by atoms with E-state index in [1.807, 2.05) is 0 Å². The number of carbonyl (C=O) groups excluding carboxylic acids is 1. The third kappa shape index (κ3) is 6.99. The summed E-state index contributed by atoms with van der Waals surface area (Å²) in [5, 5.41) is 9.01. The second-order valence-corrected chi connectivity index (χ2v) is 4.61. The zero-order chi connectivity index (χ0) is 12.4. The van der Waals surface area contributed by atoms with Crippen LogP contribution in [0.4, 0.5) is 0 Å². The van der Waals surface area contributed by atoms with Crippen molar-refractivity contribution < 1.29 is 14.7 Å². The number of carboxylic acid groups (broad SMARTS) is 1. The number of halogens is 1. The maximum atomic E-state index is 11.3. The number of alkyl halides is 1. The fraction of sp³-hybridized carbons (Fsp3) is 0.833. The topological polar surface area (TPSA) is 54.4 Å². The Balaban J connectivity index is 3.69. The van der Waals surface area contributed by atoms with Crippen molar-refractivity contribution in [3.8, 4) is 0 Å². The summed E-state index contributed by atoms with van der Waals surface area (Å²) < 4.78 is 0. The highest BCUT2D eigenvalue weighted by Gasteiger charge is 2.23. The SMILES string of the molecule is CCCCCCCCC(C(=O)O)C(=O)CBr. The monoisotopic (exact) mass is 292 g/mol. The van der Waals surface area contributed by atoms with Crippen molar-refractivity contribution in [3.63, 3.8) is 0 Å². The van der Waals surface area contributed by atoms with E-state index in [2.05, 4.69) is 22.9 Å². The first-order valence-corrected chi connectivity index (χ1v) is 7.07. The maximum Gasteiger partial charge on any atom is 0.314 e. The number of carbonyl (C=O) groups is 2. The minimum absolute atomic E-state index is 0.139. The first-order chi connectivity index (χ1) is 7.63. The van der Waals surface area contributed by atoms with Gasteiger partial charge in [-0.05, 0) is 6.42 Å². The summed E-state index contributed by atoms with van der Waals surface area (Å²) in [5.74, 6) is -2.02. The molecule has 0 aliphatic heterocycles. The van der Waals surface area contributed by atoms with Crippen molar-refractivity contribution in [1.82, 2.24) is 0 Å². The van der Waals surface area contributed by atoms with E-state index >= 15 is 0 Å². The van der Waals surface area contributed by atoms with Gasteiger partial charge in [0.05, 0.1) is 5.33 Å². The first kappa shape index (κ1) is 15.6. The fourth-order valence-electron chi connectivity index (χ4n) is 1.64. The molecule has 3 nitrogen and oxygen atoms in total. The number of hydrogen-bond donors (Lipinski definition) is 1. The predicted octanol–water partition coefficient (Wildman–Crippen LogP) is 3.40. The molecule has 0 rings (SSSR count). The van der Waals surface area contributed by atoms with Gasteiger partial charge in [0.25, 0.3) is 0 Å². The molecule has 4 heteroatoms. The molecule has 0 aromatic rings. The zero-order valence-corrected chi connectivity index (χ0v) is 11.5. The number of unbranched alkanes of at least 4 members (excludes halogenated alkanes) is 5. The molecule has 0 fully saturated rings. The molecule has 0 amide bonds. The van der Waals surface area contributed by atoms with Crippen LogP contribution in [0, 0.1) is 5.92 Å². The molecule has 0 aliphatic carbocycles. The molecule has 0 aliphatic rings. The van der Waals surface area contributed by atoms with Crippen LogP contribution in [0.25, 0.3) is 0 Å². The molecule has 0 radical (unpaired) electrons. The Kier molecular flexibility index (Phi) is 9.59. The van der Waals surface area contributed by atoms with Gasteiger partial charge in [-0.15, -0.1) is 0 Å². The lowest BCUT2D eigenvalue weighted by molar-refractivity contribution is -0.145. The van der Waals surface area contributed by atoms with Crippen molar-refractivity contribution in [2.75, 3.05) is 5.33 Å². The molecule has 0 saturated carbocycles. The van der Waals surface area contributed by atoms with Crippen molar-refractivity contribution in [2.45, 2.75) is 51.9 Å². The van der Waals surface area contributed by atoms with Crippen LogP contribution in [0.3, 0.4) is 0 Å². The molecule has 0 aromatic carbocycles. The Labute approximate surface area is 106 Å². The largest absolute Gasteiger partial charge is 0.481 e. The van der Waals surface area contributed by atoms with Gasteiger partial charge in [-0.3, -0.25) is 9.59 Å². The standard InChI is InChI=1S/C12H21BrO3/c1-2-3-4-5-6-7-8-10(12(15)16)11(14)9-13/h10H,2-9H2,1H3,(H,15,16). The van der Waals surface area contributed by atoms with Gasteiger partial charge >= 0.3 is 5.97 Å². The third-order valence-electron chi connectivity index (χ3n) is 2.66. The molecule has 0 bridgehead atoms. The average molecular weight is 293 g/mol. The normalized spacial score (nSPS) is 12.4. The average Bonchev–Trinajstić information content (AvgIpc) is 2.26. The molecular weight excluding hydrogens is 272 g/mol. The lowest BCUT2D eigenvalue weighted by Crippen LogP contribution is -2.24. The van der Waals surface area contributed by atoms with Crippen LogP contribution in [0.15, 0.2) is 0 Å². The van der Waals surface area contributed by atoms with Crippen LogP contribution in [0.2, 0.25) is 0 Å². The van der Waals surface area contributed by atoms with Crippen molar-refractivity contribution >= 4 is 27.7 Å². The smallest absolute Gasteiger partial charge is 0.314 e. The van der Waals surface area contributed by atoms with Gasteiger partial charge in [-0.2, -0.15) is 0 Å². The van der Waals surface area contributed by atoms with Gasteiger partial charge < -0.3 is 5.11 Å². The summed E-state index contributed by atoms with van der Waals surface area (Å²) in [6.07, 6.45) is 7.14. The first-order valence-electron chi connectivity index (χ1n) is 5.95. The van der Waals surface area contributed by atoms with Crippen LogP contribution in [-0.2, 0) is 9.59 Å². The summed E-state index contributed by atoms with van der Waals surface area (Å²) >= 11 is 3.01. The van der Waals surface area contributed by atoms with Crippen LogP contribution in [0.5, 0.6) is 0 Å². The van der Waals surface area contributed by atoms with Crippen LogP contribution in [-0.4, -0.2) is 22.2 Å². The van der Waals surface area contributed by atoms with E-state index in [1.165, 1.54) is 19.3 Å². The van der Waals surface area contributed by atoms with E-state index < -0.39 is 11.9 Å². The molecule has 1 N–H and O–H groups in total. The van der Waals surface area contributed by atoms with Gasteiger partial charge in [0.15, 0.2) is 5.78 Å². The number of carboxylic acids is 1. The van der Waals surface area contributed by atoms with Crippen molar-refractivity contribution in [1.29, 1.82) is 0 Å². The lowest BCUT2D eigenvalue weighted by Gasteiger charge is -2.09. The van der Waals surface area contributed by atoms with Crippen LogP contribution >= 0.6 is 15.9 Å². The van der Waals surface area contributed by atoms with Gasteiger partial charge in [-0.1, -0.05) is 61.4 Å². The minimum Gasteiger partial charge on any atom is -0.481 e. The molecule has 0 aromatic heterocycles. The van der Waals surface area contributed by atoms with E-state index in [0.29, 0.717) is 6.42 Å². The van der Waals surface area contributed by atoms with Crippen molar-refractivity contribution in [3.05, 3.63) is 0 Å². The molecule has 0 heterocycles. The summed E-state index contributed by atoms with van der Waals surface area (Å²) in [5.41, 5.74) is 0. The van der Waals surface area contributed by atoms with E-state index in [4.69, 9.17) is 5.11 Å². The minimum atomic E-state index is -0.988. The molecule has 0 saturated heterocycles. The second kappa shape index (κ2) is 9.82. The fourth-order valence-corrected chi connectivity index (χ4v) is 2.03. The number of hydrogen-bond acceptors (Lipinski definition) is 2. The Morgan fingerprint density at radius 2 is 1.69 bits per heavy atom. The molecule has 1 atom stereocenters. The van der Waals surface area contributed by atoms with E-state index in [-0.39, 0.29) is 11.1 Å². The maximum absolute atomic E-state index is 11.3. The third-order valence-corrected chi connectivity index (χ3v) is 3.22. The quantitative estimate of drug-likeness (QED) is 0.381. The lowest BCUT2D eigenvalue weighted by atomic mass is 9.97. The molecule has 1 unspecified atom stereocenters. The molecule has 16 heavy (non-hydrogen) atoms. The highest BCUT2D eigenvalue weighted by Crippen LogP contribution is 2.14. The second-order valence-electron chi connectivity index (χ2n) is 4.05. The number of aliphatic carboxylic acids is 1. The molecule has 94 valence electrons. The van der Waals surface area contributed by atoms with Crippen LogP contribution < -0.4 is 0 Å². The number of ketones is 1. The van der Waals surface area contributed by atoms with E-state index in [1.54, 1.807) is 0 Å². The molecule has 0 spiro atoms. The highest BCUT2D eigenvalue weighted by molar-refractivity contribution is 9.09. The highest BCUT2D eigenvalue weighted by atomic mass is 79.9. The van der Waals surface area contributed by atoms with Crippen molar-refractivity contribution in [2.24, 2.45) is 5.92 Å². The predicted molar refractivity (Wildman–Crippen MR) is 67.9 cm³/mol. The van der Waals surface area contributed by atoms with Crippen LogP contribution in [0.1, 0.15) is 51.9 Å². The summed E-state index contributed by atoms with van der Waals surface area (Å²) in [6.45, 7) is 2.16. The molecular formula is C12H21BrO3. The van der Waals surface area contributed by atoms with E-state index in [0.717, 1.165) is 19.3 Å². The Morgan fingerprint density at radius 1 is 1.12 bits per heavy atom. The summed E-state index contributed by atoms with van der Waals surface area (Å²) in [7, 11) is 0. The summed E-state index contributed by atoms with van der Waals surface area (Å²) in [6, 6.07) is 0. The Bertz CT molecular complexity index is 216. The van der Waals surface area contributed by atoms with Gasteiger partial charge in [0.2, 0.25) is 0 Å². The Morgan fingerprint density at radius 3 is 2.19 bits per heavy atom. The number of rotatable bonds is 10. The van der Waals surface area contributed by atoms with E-state index in [9.17, 15) is 9.59 Å².